The van der Waals surface area contributed by atoms with Gasteiger partial charge in [0.1, 0.15) is 0 Å². The Labute approximate surface area is 154 Å². The molecular formula is C19H25N3O3S. The lowest BCUT2D eigenvalue weighted by Gasteiger charge is -2.33. The van der Waals surface area contributed by atoms with Crippen molar-refractivity contribution in [2.45, 2.75) is 19.3 Å². The number of carbonyl (C=O) groups is 1. The Hall–Kier alpha value is -2.12. The summed E-state index contributed by atoms with van der Waals surface area (Å²) in [6.07, 6.45) is 7.36. The Bertz CT molecular complexity index is 829. The molecule has 1 atom stereocenters. The minimum atomic E-state index is -3.19. The van der Waals surface area contributed by atoms with Gasteiger partial charge >= 0.3 is 0 Å². The Morgan fingerprint density at radius 1 is 1.19 bits per heavy atom. The molecule has 1 N–H and O–H groups in total. The maximum absolute atomic E-state index is 12.6. The van der Waals surface area contributed by atoms with Crippen LogP contribution in [0.15, 0.2) is 48.8 Å². The molecule has 0 bridgehead atoms. The molecule has 1 aromatic carbocycles. The first-order valence-corrected chi connectivity index (χ1v) is 10.7. The van der Waals surface area contributed by atoms with Crippen molar-refractivity contribution in [3.63, 3.8) is 0 Å². The number of nitrogens with one attached hydrogen (secondary N) is 1. The lowest BCUT2D eigenvalue weighted by molar-refractivity contribution is -0.132. The number of rotatable bonds is 6. The minimum Gasteiger partial charge on any atom is -0.342 e. The van der Waals surface area contributed by atoms with E-state index in [1.54, 1.807) is 0 Å². The third kappa shape index (κ3) is 5.19. The summed E-state index contributed by atoms with van der Waals surface area (Å²) >= 11 is 0. The number of amides is 1. The molecule has 3 rings (SSSR count). The number of likely N-dealkylation sites (tertiary alicyclic amines) is 1. The average Bonchev–Trinajstić information content (AvgIpc) is 3.15. The highest BCUT2D eigenvalue weighted by atomic mass is 32.2. The fourth-order valence-electron chi connectivity index (χ4n) is 3.31. The molecule has 0 radical (unpaired) electrons. The topological polar surface area (TPSA) is 71.4 Å². The van der Waals surface area contributed by atoms with E-state index in [1.165, 1.54) is 0 Å². The SMILES string of the molecule is CS(=O)(=O)NC[C@H]1CCCN(C(=O)Cc2ccc(-n3cccc3)cc2)C1. The summed E-state index contributed by atoms with van der Waals surface area (Å²) in [6.45, 7) is 1.76. The molecule has 1 aliphatic heterocycles. The van der Waals surface area contributed by atoms with Gasteiger partial charge < -0.3 is 9.47 Å². The molecular weight excluding hydrogens is 350 g/mol. The molecule has 1 aromatic heterocycles. The lowest BCUT2D eigenvalue weighted by atomic mass is 9.97. The number of aromatic nitrogens is 1. The Morgan fingerprint density at radius 2 is 1.88 bits per heavy atom. The zero-order valence-electron chi connectivity index (χ0n) is 15.0. The fraction of sp³-hybridized carbons (Fsp3) is 0.421. The summed E-state index contributed by atoms with van der Waals surface area (Å²) in [4.78, 5) is 14.5. The second kappa shape index (κ2) is 8.05. The molecule has 1 saturated heterocycles. The van der Waals surface area contributed by atoms with Crippen LogP contribution in [0.5, 0.6) is 0 Å². The highest BCUT2D eigenvalue weighted by molar-refractivity contribution is 7.88. The van der Waals surface area contributed by atoms with Crippen molar-refractivity contribution in [2.24, 2.45) is 5.92 Å². The van der Waals surface area contributed by atoms with Crippen molar-refractivity contribution in [2.75, 3.05) is 25.9 Å². The zero-order chi connectivity index (χ0) is 18.6. The molecule has 1 amide bonds. The van der Waals surface area contributed by atoms with Crippen molar-refractivity contribution in [3.8, 4) is 5.69 Å². The number of sulfonamides is 1. The van der Waals surface area contributed by atoms with E-state index in [0.29, 0.717) is 19.5 Å². The van der Waals surface area contributed by atoms with Crippen LogP contribution in [0.4, 0.5) is 0 Å². The van der Waals surface area contributed by atoms with Crippen molar-refractivity contribution in [1.82, 2.24) is 14.2 Å². The summed E-state index contributed by atoms with van der Waals surface area (Å²) in [6, 6.07) is 11.9. The molecule has 0 saturated carbocycles. The standard InChI is InChI=1S/C19H25N3O3S/c1-26(24,25)20-14-17-5-4-12-22(15-17)19(23)13-16-6-8-18(9-7-16)21-10-2-3-11-21/h2-3,6-11,17,20H,4-5,12-15H2,1H3/t17-/m1/s1. The molecule has 0 unspecified atom stereocenters. The van der Waals surface area contributed by atoms with Crippen molar-refractivity contribution < 1.29 is 13.2 Å². The molecule has 26 heavy (non-hydrogen) atoms. The Kier molecular flexibility index (Phi) is 5.78. The largest absolute Gasteiger partial charge is 0.342 e. The van der Waals surface area contributed by atoms with Crippen LogP contribution >= 0.6 is 0 Å². The van der Waals surface area contributed by atoms with Gasteiger partial charge in [0, 0.05) is 37.7 Å². The lowest BCUT2D eigenvalue weighted by Crippen LogP contribution is -2.44. The van der Waals surface area contributed by atoms with E-state index in [4.69, 9.17) is 0 Å². The van der Waals surface area contributed by atoms with Gasteiger partial charge in [-0.05, 0) is 48.6 Å². The van der Waals surface area contributed by atoms with E-state index < -0.39 is 10.0 Å². The van der Waals surface area contributed by atoms with E-state index in [-0.39, 0.29) is 11.8 Å². The predicted octanol–water partition coefficient (Wildman–Crippen LogP) is 1.81. The number of hydrogen-bond acceptors (Lipinski definition) is 3. The second-order valence-electron chi connectivity index (χ2n) is 6.90. The maximum atomic E-state index is 12.6. The van der Waals surface area contributed by atoms with Gasteiger partial charge in [0.05, 0.1) is 12.7 Å². The molecule has 0 spiro atoms. The molecule has 7 heteroatoms. The molecule has 1 aliphatic rings. The number of piperidine rings is 1. The normalized spacial score (nSPS) is 18.0. The van der Waals surface area contributed by atoms with Crippen molar-refractivity contribution >= 4 is 15.9 Å². The van der Waals surface area contributed by atoms with Gasteiger partial charge in [-0.2, -0.15) is 0 Å². The van der Waals surface area contributed by atoms with E-state index in [2.05, 4.69) is 4.72 Å². The van der Waals surface area contributed by atoms with Crippen LogP contribution in [0, 0.1) is 5.92 Å². The summed E-state index contributed by atoms with van der Waals surface area (Å²) in [7, 11) is -3.19. The highest BCUT2D eigenvalue weighted by Gasteiger charge is 2.24. The summed E-state index contributed by atoms with van der Waals surface area (Å²) in [5.41, 5.74) is 2.05. The van der Waals surface area contributed by atoms with Crippen LogP contribution in [-0.4, -0.2) is 49.7 Å². The Morgan fingerprint density at radius 3 is 2.54 bits per heavy atom. The fourth-order valence-corrected chi connectivity index (χ4v) is 3.84. The Balaban J connectivity index is 1.55. The number of benzene rings is 1. The van der Waals surface area contributed by atoms with Gasteiger partial charge in [-0.3, -0.25) is 4.79 Å². The van der Waals surface area contributed by atoms with Crippen LogP contribution in [0.2, 0.25) is 0 Å². The number of carbonyl (C=O) groups excluding carboxylic acids is 1. The van der Waals surface area contributed by atoms with E-state index in [9.17, 15) is 13.2 Å². The third-order valence-corrected chi connectivity index (χ3v) is 5.39. The molecule has 1 fully saturated rings. The summed E-state index contributed by atoms with van der Waals surface area (Å²) in [5.74, 6) is 0.279. The van der Waals surface area contributed by atoms with Gasteiger partial charge in [-0.1, -0.05) is 12.1 Å². The first-order chi connectivity index (χ1) is 12.4. The quantitative estimate of drug-likeness (QED) is 0.837. The van der Waals surface area contributed by atoms with Gasteiger partial charge in [-0.25, -0.2) is 13.1 Å². The van der Waals surface area contributed by atoms with E-state index >= 15 is 0 Å². The van der Waals surface area contributed by atoms with Gasteiger partial charge in [0.15, 0.2) is 0 Å². The van der Waals surface area contributed by atoms with Crippen LogP contribution in [0.1, 0.15) is 18.4 Å². The summed E-state index contributed by atoms with van der Waals surface area (Å²) < 4.78 is 27.1. The predicted molar refractivity (Wildman–Crippen MR) is 102 cm³/mol. The summed E-state index contributed by atoms with van der Waals surface area (Å²) in [5, 5.41) is 0. The molecule has 2 aromatic rings. The van der Waals surface area contributed by atoms with E-state index in [1.807, 2.05) is 58.3 Å². The first kappa shape index (κ1) is 18.7. The molecule has 140 valence electrons. The van der Waals surface area contributed by atoms with Crippen molar-refractivity contribution in [3.05, 3.63) is 54.4 Å². The number of hydrogen-bond donors (Lipinski definition) is 1. The third-order valence-electron chi connectivity index (χ3n) is 4.70. The average molecular weight is 375 g/mol. The molecule has 2 heterocycles. The molecule has 6 nitrogen and oxygen atoms in total. The van der Waals surface area contributed by atoms with Crippen molar-refractivity contribution in [1.29, 1.82) is 0 Å². The van der Waals surface area contributed by atoms with E-state index in [0.717, 1.165) is 36.9 Å². The second-order valence-corrected chi connectivity index (χ2v) is 8.74. The first-order valence-electron chi connectivity index (χ1n) is 8.85. The van der Waals surface area contributed by atoms with Crippen LogP contribution in [-0.2, 0) is 21.2 Å². The maximum Gasteiger partial charge on any atom is 0.226 e. The highest BCUT2D eigenvalue weighted by Crippen LogP contribution is 2.18. The van der Waals surface area contributed by atoms with Crippen LogP contribution in [0.3, 0.4) is 0 Å². The van der Waals surface area contributed by atoms with Gasteiger partial charge in [0.25, 0.3) is 0 Å². The van der Waals surface area contributed by atoms with Gasteiger partial charge in [0.2, 0.25) is 15.9 Å². The molecule has 0 aliphatic carbocycles. The van der Waals surface area contributed by atoms with Gasteiger partial charge in [-0.15, -0.1) is 0 Å². The van der Waals surface area contributed by atoms with Crippen LogP contribution < -0.4 is 4.72 Å². The van der Waals surface area contributed by atoms with Crippen LogP contribution in [0.25, 0.3) is 5.69 Å². The smallest absolute Gasteiger partial charge is 0.226 e. The monoisotopic (exact) mass is 375 g/mol. The zero-order valence-corrected chi connectivity index (χ0v) is 15.8. The minimum absolute atomic E-state index is 0.0998. The number of nitrogens with zero attached hydrogens (tertiary/aromatic N) is 2.